The van der Waals surface area contributed by atoms with Crippen molar-refractivity contribution in [2.45, 2.75) is 76.5 Å². The molecule has 1 aliphatic carbocycles. The van der Waals surface area contributed by atoms with E-state index in [9.17, 15) is 9.59 Å². The average Bonchev–Trinajstić information content (AvgIpc) is 2.88. The molecule has 0 bridgehead atoms. The molecular weight excluding hydrogens is 352 g/mol. The van der Waals surface area contributed by atoms with E-state index in [0.717, 1.165) is 42.1 Å². The van der Waals surface area contributed by atoms with Crippen molar-refractivity contribution in [2.75, 3.05) is 5.75 Å². The number of rotatable bonds is 7. The van der Waals surface area contributed by atoms with E-state index in [4.69, 9.17) is 9.68 Å². The van der Waals surface area contributed by atoms with Gasteiger partial charge >= 0.3 is 11.9 Å². The van der Waals surface area contributed by atoms with E-state index in [1.165, 1.54) is 12.8 Å². The molecule has 0 aromatic carbocycles. The maximum Gasteiger partial charge on any atom is 0.520 e. The van der Waals surface area contributed by atoms with Crippen molar-refractivity contribution in [1.82, 2.24) is 10.4 Å². The molecule has 1 saturated carbocycles. The molecule has 1 aromatic rings. The van der Waals surface area contributed by atoms with Crippen molar-refractivity contribution in [3.05, 3.63) is 5.89 Å². The summed E-state index contributed by atoms with van der Waals surface area (Å²) in [5.41, 5.74) is 0. The Hall–Kier alpha value is -1.88. The number of hydrogen-bond donors (Lipinski definition) is 1. The molecule has 1 amide bonds. The normalized spacial score (nSPS) is 15.5. The minimum absolute atomic E-state index is 0.0581. The minimum Gasteiger partial charge on any atom is -0.390 e. The largest absolute Gasteiger partial charge is 0.520 e. The highest BCUT2D eigenvalue weighted by Gasteiger charge is 2.33. The molecule has 1 heterocycles. The molecule has 0 unspecified atom stereocenters. The monoisotopic (exact) mass is 379 g/mol. The van der Waals surface area contributed by atoms with E-state index >= 15 is 0 Å². The first-order valence-corrected chi connectivity index (χ1v) is 10.3. The topological polar surface area (TPSA) is 99.9 Å². The SMILES string of the molecule is CC(C)CCC(=O)c1oc(SCC#N)n[n+]1C(=O)NC1CCCCCC1. The third-order valence-electron chi connectivity index (χ3n) is 4.38. The summed E-state index contributed by atoms with van der Waals surface area (Å²) in [6.07, 6.45) is 7.47. The number of carbonyl (C=O) groups is 2. The van der Waals surface area contributed by atoms with E-state index < -0.39 is 6.03 Å². The van der Waals surface area contributed by atoms with Crippen molar-refractivity contribution in [2.24, 2.45) is 5.92 Å². The first kappa shape index (κ1) is 20.4. The summed E-state index contributed by atoms with van der Waals surface area (Å²) in [5, 5.41) is 16.0. The molecule has 1 aliphatic rings. The first-order chi connectivity index (χ1) is 12.5. The Morgan fingerprint density at radius 3 is 2.65 bits per heavy atom. The highest BCUT2D eigenvalue weighted by Crippen LogP contribution is 2.18. The average molecular weight is 380 g/mol. The van der Waals surface area contributed by atoms with Crippen molar-refractivity contribution >= 4 is 23.6 Å². The molecule has 8 heteroatoms. The Kier molecular flexibility index (Phi) is 8.10. The summed E-state index contributed by atoms with van der Waals surface area (Å²) in [7, 11) is 0. The summed E-state index contributed by atoms with van der Waals surface area (Å²) in [4.78, 5) is 25.2. The lowest BCUT2D eigenvalue weighted by molar-refractivity contribution is -0.640. The van der Waals surface area contributed by atoms with Crippen LogP contribution in [-0.2, 0) is 0 Å². The van der Waals surface area contributed by atoms with Gasteiger partial charge < -0.3 is 4.42 Å². The Morgan fingerprint density at radius 2 is 2.04 bits per heavy atom. The summed E-state index contributed by atoms with van der Waals surface area (Å²) in [5.74, 6) is 0.218. The third kappa shape index (κ3) is 6.13. The van der Waals surface area contributed by atoms with Gasteiger partial charge in [-0.25, -0.2) is 5.32 Å². The van der Waals surface area contributed by atoms with E-state index in [2.05, 4.69) is 10.4 Å². The Balaban J connectivity index is 2.14. The van der Waals surface area contributed by atoms with Gasteiger partial charge in [-0.15, -0.1) is 0 Å². The van der Waals surface area contributed by atoms with Gasteiger partial charge in [0.2, 0.25) is 5.78 Å². The first-order valence-electron chi connectivity index (χ1n) is 9.28. The van der Waals surface area contributed by atoms with Gasteiger partial charge in [0.15, 0.2) is 0 Å². The van der Waals surface area contributed by atoms with Gasteiger partial charge in [-0.1, -0.05) is 26.7 Å². The molecule has 7 nitrogen and oxygen atoms in total. The van der Waals surface area contributed by atoms with E-state index in [0.29, 0.717) is 18.8 Å². The molecule has 0 atom stereocenters. The van der Waals surface area contributed by atoms with Crippen molar-refractivity contribution in [3.8, 4) is 6.07 Å². The fraction of sp³-hybridized carbons (Fsp3) is 0.722. The van der Waals surface area contributed by atoms with Crippen LogP contribution < -0.4 is 10.00 Å². The number of carbonyl (C=O) groups excluding carboxylic acids is 2. The predicted octanol–water partition coefficient (Wildman–Crippen LogP) is 3.48. The maximum atomic E-state index is 12.7. The fourth-order valence-electron chi connectivity index (χ4n) is 2.92. The number of Topliss-reactive ketones (excluding diaryl/α,β-unsaturated/α-hetero) is 1. The van der Waals surface area contributed by atoms with Crippen LogP contribution in [0.15, 0.2) is 9.64 Å². The molecule has 0 radical (unpaired) electrons. The van der Waals surface area contributed by atoms with Crippen LogP contribution >= 0.6 is 11.8 Å². The Morgan fingerprint density at radius 1 is 1.35 bits per heavy atom. The lowest BCUT2D eigenvalue weighted by Crippen LogP contribution is -2.57. The summed E-state index contributed by atoms with van der Waals surface area (Å²) in [6.45, 7) is 4.07. The molecule has 0 aliphatic heterocycles. The van der Waals surface area contributed by atoms with Crippen LogP contribution in [0.25, 0.3) is 0 Å². The van der Waals surface area contributed by atoms with Crippen LogP contribution in [0.1, 0.15) is 75.9 Å². The number of ketones is 1. The van der Waals surface area contributed by atoms with E-state index in [1.54, 1.807) is 0 Å². The number of hydrogen-bond acceptors (Lipinski definition) is 6. The van der Waals surface area contributed by atoms with Crippen LogP contribution in [0.5, 0.6) is 0 Å². The minimum atomic E-state index is -0.433. The summed E-state index contributed by atoms with van der Waals surface area (Å²) < 4.78 is 6.53. The molecule has 142 valence electrons. The van der Waals surface area contributed by atoms with Gasteiger partial charge in [0, 0.05) is 6.42 Å². The quantitative estimate of drug-likeness (QED) is 0.337. The zero-order chi connectivity index (χ0) is 18.9. The number of thioether (sulfide) groups is 1. The van der Waals surface area contributed by atoms with Crippen LogP contribution in [0.2, 0.25) is 0 Å². The highest BCUT2D eigenvalue weighted by molar-refractivity contribution is 7.99. The molecule has 26 heavy (non-hydrogen) atoms. The fourth-order valence-corrected chi connectivity index (χ4v) is 3.39. The van der Waals surface area contributed by atoms with Gasteiger partial charge in [-0.05, 0) is 59.6 Å². The summed E-state index contributed by atoms with van der Waals surface area (Å²) in [6, 6.07) is 1.65. The zero-order valence-corrected chi connectivity index (χ0v) is 16.3. The second-order valence-electron chi connectivity index (χ2n) is 7.03. The molecule has 0 saturated heterocycles. The van der Waals surface area contributed by atoms with Gasteiger partial charge in [0.1, 0.15) is 0 Å². The molecule has 0 spiro atoms. The highest BCUT2D eigenvalue weighted by atomic mass is 32.2. The van der Waals surface area contributed by atoms with Crippen LogP contribution in [0.3, 0.4) is 0 Å². The lowest BCUT2D eigenvalue weighted by Gasteiger charge is -2.09. The molecule has 1 fully saturated rings. The molecule has 2 rings (SSSR count). The van der Waals surface area contributed by atoms with Gasteiger partial charge in [-0.3, -0.25) is 4.79 Å². The summed E-state index contributed by atoms with van der Waals surface area (Å²) >= 11 is 1.07. The third-order valence-corrected chi connectivity index (χ3v) is 5.07. The van der Waals surface area contributed by atoms with Gasteiger partial charge in [0.25, 0.3) is 5.22 Å². The van der Waals surface area contributed by atoms with Crippen LogP contribution in [-0.4, -0.2) is 28.7 Å². The zero-order valence-electron chi connectivity index (χ0n) is 15.5. The van der Waals surface area contributed by atoms with Gasteiger partial charge in [-0.2, -0.15) is 10.1 Å². The van der Waals surface area contributed by atoms with Crippen molar-refractivity contribution in [3.63, 3.8) is 0 Å². The number of amides is 1. The Labute approximate surface area is 158 Å². The van der Waals surface area contributed by atoms with Gasteiger partial charge in [0.05, 0.1) is 17.9 Å². The Bertz CT molecular complexity index is 658. The second kappa shape index (κ2) is 10.3. The van der Waals surface area contributed by atoms with Crippen LogP contribution in [0, 0.1) is 17.2 Å². The maximum absolute atomic E-state index is 12.7. The number of nitrogens with zero attached hydrogens (tertiary/aromatic N) is 3. The number of nitrogens with one attached hydrogen (secondary N) is 1. The number of aromatic nitrogens is 2. The van der Waals surface area contributed by atoms with Crippen molar-refractivity contribution in [1.29, 1.82) is 5.26 Å². The standard InChI is InChI=1S/C18H26N4O3S/c1-13(2)9-10-15(23)16-22(21-18(25-16)26-12-11-19)17(24)20-14-7-5-3-4-6-8-14/h13-14H,3-10,12H2,1-2H3/p+1. The van der Waals surface area contributed by atoms with Crippen LogP contribution in [0.4, 0.5) is 4.79 Å². The molecular formula is C18H27N4O3S+. The second-order valence-corrected chi connectivity index (χ2v) is 7.95. The molecule has 1 aromatic heterocycles. The van der Waals surface area contributed by atoms with E-state index in [1.807, 2.05) is 19.9 Å². The van der Waals surface area contributed by atoms with E-state index in [-0.39, 0.29) is 28.7 Å². The molecule has 1 N–H and O–H groups in total. The smallest absolute Gasteiger partial charge is 0.390 e. The predicted molar refractivity (Wildman–Crippen MR) is 96.9 cm³/mol. The lowest BCUT2D eigenvalue weighted by atomic mass is 10.1. The van der Waals surface area contributed by atoms with Crippen molar-refractivity contribution < 1.29 is 18.7 Å². The number of nitriles is 1.